The maximum absolute atomic E-state index is 13.1. The Kier molecular flexibility index (Phi) is 3.13. The summed E-state index contributed by atoms with van der Waals surface area (Å²) >= 11 is 1.25. The molecule has 0 spiro atoms. The molecule has 0 N–H and O–H groups in total. The van der Waals surface area contributed by atoms with E-state index in [0.29, 0.717) is 9.92 Å². The fourth-order valence-corrected chi connectivity index (χ4v) is 2.44. The summed E-state index contributed by atoms with van der Waals surface area (Å²) in [6.07, 6.45) is 1.62. The van der Waals surface area contributed by atoms with Crippen LogP contribution in [0.15, 0.2) is 58.6 Å². The number of fused-ring (bicyclic) bond motifs is 1. The molecule has 3 aromatic rings. The van der Waals surface area contributed by atoms with Gasteiger partial charge in [-0.3, -0.25) is 4.98 Å². The topological polar surface area (TPSA) is 25.8 Å². The van der Waals surface area contributed by atoms with E-state index in [9.17, 15) is 8.78 Å². The van der Waals surface area contributed by atoms with Crippen molar-refractivity contribution >= 4 is 22.8 Å². The number of nitrogens with zero attached hydrogens (tertiary/aromatic N) is 2. The molecular formula is C14H8F2N2S. The smallest absolute Gasteiger partial charge is 0.159 e. The zero-order valence-corrected chi connectivity index (χ0v) is 10.5. The van der Waals surface area contributed by atoms with E-state index in [1.807, 2.05) is 24.3 Å². The Balaban J connectivity index is 1.94. The molecule has 0 aliphatic carbocycles. The van der Waals surface area contributed by atoms with E-state index in [4.69, 9.17) is 0 Å². The zero-order chi connectivity index (χ0) is 13.2. The van der Waals surface area contributed by atoms with E-state index < -0.39 is 11.6 Å². The predicted molar refractivity (Wildman–Crippen MR) is 70.0 cm³/mol. The van der Waals surface area contributed by atoms with Gasteiger partial charge in [-0.1, -0.05) is 23.9 Å². The van der Waals surface area contributed by atoms with Gasteiger partial charge in [-0.05, 0) is 30.3 Å². The highest BCUT2D eigenvalue weighted by atomic mass is 32.2. The number of hydrogen-bond donors (Lipinski definition) is 0. The van der Waals surface area contributed by atoms with Crippen molar-refractivity contribution in [1.82, 2.24) is 9.97 Å². The molecule has 0 aliphatic rings. The molecule has 1 heterocycles. The van der Waals surface area contributed by atoms with Crippen molar-refractivity contribution in [2.24, 2.45) is 0 Å². The van der Waals surface area contributed by atoms with Crippen molar-refractivity contribution in [2.45, 2.75) is 9.92 Å². The molecule has 0 saturated heterocycles. The van der Waals surface area contributed by atoms with Gasteiger partial charge in [0.05, 0.1) is 17.2 Å². The predicted octanol–water partition coefficient (Wildman–Crippen LogP) is 4.06. The molecule has 0 radical (unpaired) electrons. The van der Waals surface area contributed by atoms with Crippen LogP contribution in [0.1, 0.15) is 0 Å². The number of halogens is 2. The highest BCUT2D eigenvalue weighted by Gasteiger charge is 2.06. The van der Waals surface area contributed by atoms with Crippen LogP contribution in [0.4, 0.5) is 8.78 Å². The van der Waals surface area contributed by atoms with Gasteiger partial charge in [-0.15, -0.1) is 0 Å². The van der Waals surface area contributed by atoms with E-state index >= 15 is 0 Å². The van der Waals surface area contributed by atoms with Crippen LogP contribution >= 0.6 is 11.8 Å². The summed E-state index contributed by atoms with van der Waals surface area (Å²) in [6.45, 7) is 0. The first-order valence-electron chi connectivity index (χ1n) is 5.57. The molecule has 0 aliphatic heterocycles. The van der Waals surface area contributed by atoms with E-state index in [2.05, 4.69) is 9.97 Å². The number of hydrogen-bond acceptors (Lipinski definition) is 3. The van der Waals surface area contributed by atoms with Gasteiger partial charge in [0.25, 0.3) is 0 Å². The lowest BCUT2D eigenvalue weighted by Crippen LogP contribution is -1.87. The lowest BCUT2D eigenvalue weighted by Gasteiger charge is -2.02. The molecule has 0 saturated carbocycles. The number of para-hydroxylation sites is 2. The van der Waals surface area contributed by atoms with E-state index in [1.165, 1.54) is 17.8 Å². The SMILES string of the molecule is Fc1ccc(Sc2cnc3ccccc3n2)cc1F. The van der Waals surface area contributed by atoms with E-state index in [0.717, 1.165) is 23.2 Å². The molecule has 19 heavy (non-hydrogen) atoms. The molecule has 0 unspecified atom stereocenters. The van der Waals surface area contributed by atoms with Gasteiger partial charge in [-0.2, -0.15) is 0 Å². The first kappa shape index (κ1) is 12.0. The second-order valence-corrected chi connectivity index (χ2v) is 4.97. The lowest BCUT2D eigenvalue weighted by atomic mass is 10.3. The van der Waals surface area contributed by atoms with E-state index in [-0.39, 0.29) is 0 Å². The van der Waals surface area contributed by atoms with Crippen LogP contribution in [0.3, 0.4) is 0 Å². The number of aromatic nitrogens is 2. The second-order valence-electron chi connectivity index (χ2n) is 3.87. The summed E-state index contributed by atoms with van der Waals surface area (Å²) in [7, 11) is 0. The van der Waals surface area contributed by atoms with Crippen molar-refractivity contribution < 1.29 is 8.78 Å². The Morgan fingerprint density at radius 1 is 0.895 bits per heavy atom. The largest absolute Gasteiger partial charge is 0.252 e. The third kappa shape index (κ3) is 2.56. The highest BCUT2D eigenvalue weighted by Crippen LogP contribution is 2.27. The lowest BCUT2D eigenvalue weighted by molar-refractivity contribution is 0.506. The van der Waals surface area contributed by atoms with E-state index in [1.54, 1.807) is 6.20 Å². The molecule has 0 atom stereocenters. The van der Waals surface area contributed by atoms with Gasteiger partial charge in [0.15, 0.2) is 11.6 Å². The fraction of sp³-hybridized carbons (Fsp3) is 0. The van der Waals surface area contributed by atoms with Crippen molar-refractivity contribution in [3.05, 3.63) is 60.3 Å². The van der Waals surface area contributed by atoms with Gasteiger partial charge in [0, 0.05) is 4.90 Å². The summed E-state index contributed by atoms with van der Waals surface area (Å²) in [5.41, 5.74) is 1.58. The molecule has 94 valence electrons. The van der Waals surface area contributed by atoms with Gasteiger partial charge in [0.1, 0.15) is 5.03 Å². The average molecular weight is 274 g/mol. The summed E-state index contributed by atoms with van der Waals surface area (Å²) in [6, 6.07) is 11.3. The van der Waals surface area contributed by atoms with Crippen molar-refractivity contribution in [3.63, 3.8) is 0 Å². The molecule has 1 aromatic heterocycles. The van der Waals surface area contributed by atoms with Crippen molar-refractivity contribution in [3.8, 4) is 0 Å². The average Bonchev–Trinajstić information content (AvgIpc) is 2.43. The normalized spacial score (nSPS) is 10.8. The van der Waals surface area contributed by atoms with Crippen molar-refractivity contribution in [1.29, 1.82) is 0 Å². The minimum Gasteiger partial charge on any atom is -0.252 e. The maximum atomic E-state index is 13.1. The second kappa shape index (κ2) is 4.93. The van der Waals surface area contributed by atoms with Crippen LogP contribution in [-0.2, 0) is 0 Å². The molecule has 5 heteroatoms. The minimum atomic E-state index is -0.862. The molecule has 2 aromatic carbocycles. The first-order chi connectivity index (χ1) is 9.22. The van der Waals surface area contributed by atoms with Crippen LogP contribution < -0.4 is 0 Å². The number of rotatable bonds is 2. The monoisotopic (exact) mass is 274 g/mol. The standard InChI is InChI=1S/C14H8F2N2S/c15-10-6-5-9(7-11(10)16)19-14-8-17-12-3-1-2-4-13(12)18-14/h1-8H. The zero-order valence-electron chi connectivity index (χ0n) is 9.68. The fourth-order valence-electron chi connectivity index (χ4n) is 1.65. The highest BCUT2D eigenvalue weighted by molar-refractivity contribution is 7.99. The summed E-state index contributed by atoms with van der Waals surface area (Å²) in [5.74, 6) is -1.72. The van der Waals surface area contributed by atoms with Gasteiger partial charge < -0.3 is 0 Å². The molecule has 3 rings (SSSR count). The molecule has 0 bridgehead atoms. The maximum Gasteiger partial charge on any atom is 0.159 e. The number of benzene rings is 2. The molecule has 2 nitrogen and oxygen atoms in total. The van der Waals surface area contributed by atoms with Crippen LogP contribution in [0.2, 0.25) is 0 Å². The third-order valence-corrected chi connectivity index (χ3v) is 3.44. The molecule has 0 fully saturated rings. The van der Waals surface area contributed by atoms with Crippen molar-refractivity contribution in [2.75, 3.05) is 0 Å². The quantitative estimate of drug-likeness (QED) is 0.704. The minimum absolute atomic E-state index is 0.587. The Labute approximate surface area is 112 Å². The molecule has 0 amide bonds. The Hall–Kier alpha value is -2.01. The Bertz CT molecular complexity index is 746. The van der Waals surface area contributed by atoms with Gasteiger partial charge >= 0.3 is 0 Å². The van der Waals surface area contributed by atoms with Crippen LogP contribution in [-0.4, -0.2) is 9.97 Å². The first-order valence-corrected chi connectivity index (χ1v) is 6.39. The summed E-state index contributed by atoms with van der Waals surface area (Å²) < 4.78 is 25.9. The van der Waals surface area contributed by atoms with Crippen LogP contribution in [0.25, 0.3) is 11.0 Å². The molecular weight excluding hydrogens is 266 g/mol. The van der Waals surface area contributed by atoms with Crippen LogP contribution in [0, 0.1) is 11.6 Å². The summed E-state index contributed by atoms with van der Waals surface area (Å²) in [5, 5.41) is 0.643. The van der Waals surface area contributed by atoms with Gasteiger partial charge in [0.2, 0.25) is 0 Å². The van der Waals surface area contributed by atoms with Crippen LogP contribution in [0.5, 0.6) is 0 Å². The summed E-state index contributed by atoms with van der Waals surface area (Å²) in [4.78, 5) is 9.26. The Morgan fingerprint density at radius 2 is 1.68 bits per heavy atom. The Morgan fingerprint density at radius 3 is 2.47 bits per heavy atom. The third-order valence-electron chi connectivity index (χ3n) is 2.54. The van der Waals surface area contributed by atoms with Gasteiger partial charge in [-0.25, -0.2) is 13.8 Å².